The quantitative estimate of drug-likeness (QED) is 0.246. The van der Waals surface area contributed by atoms with E-state index in [2.05, 4.69) is 20.3 Å². The van der Waals surface area contributed by atoms with Crippen LogP contribution in [0.5, 0.6) is 5.75 Å². The number of ether oxygens (including phenoxy) is 3. The normalized spacial score (nSPS) is 16.7. The average Bonchev–Trinajstić information content (AvgIpc) is 3.08. The summed E-state index contributed by atoms with van der Waals surface area (Å²) in [6.45, 7) is 0.863. The Kier molecular flexibility index (Phi) is 6.99. The lowest BCUT2D eigenvalue weighted by Crippen LogP contribution is -2.19. The molecule has 8 nitrogen and oxygen atoms in total. The molecule has 0 bridgehead atoms. The van der Waals surface area contributed by atoms with Crippen LogP contribution in [0.25, 0.3) is 10.8 Å². The third kappa shape index (κ3) is 5.21. The Bertz CT molecular complexity index is 1020. The minimum absolute atomic E-state index is 0.194. The predicted octanol–water partition coefficient (Wildman–Crippen LogP) is 2.47. The van der Waals surface area contributed by atoms with Crippen LogP contribution in [-0.4, -0.2) is 50.7 Å². The number of esters is 1. The van der Waals surface area contributed by atoms with Gasteiger partial charge in [0.05, 0.1) is 24.8 Å². The van der Waals surface area contributed by atoms with Crippen LogP contribution in [0, 0.1) is 0 Å². The number of amidine groups is 1. The Morgan fingerprint density at radius 1 is 1.17 bits per heavy atom. The second-order valence-corrected chi connectivity index (χ2v) is 6.81. The van der Waals surface area contributed by atoms with E-state index in [4.69, 9.17) is 9.47 Å². The maximum atomic E-state index is 11.9. The highest BCUT2D eigenvalue weighted by Crippen LogP contribution is 2.27. The number of benzene rings is 2. The van der Waals surface area contributed by atoms with Gasteiger partial charge in [-0.25, -0.2) is 4.79 Å². The van der Waals surface area contributed by atoms with Crippen molar-refractivity contribution in [2.45, 2.75) is 0 Å². The van der Waals surface area contributed by atoms with E-state index in [1.165, 1.54) is 7.11 Å². The molecule has 1 saturated heterocycles. The Labute approximate surface area is 171 Å². The predicted molar refractivity (Wildman–Crippen MR) is 112 cm³/mol. The van der Waals surface area contributed by atoms with E-state index in [-0.39, 0.29) is 10.1 Å². The van der Waals surface area contributed by atoms with E-state index >= 15 is 0 Å². The van der Waals surface area contributed by atoms with Crippen LogP contribution in [0.4, 0.5) is 0 Å². The molecule has 3 rings (SSSR count). The summed E-state index contributed by atoms with van der Waals surface area (Å²) in [5, 5.41) is 13.0. The van der Waals surface area contributed by atoms with Crippen molar-refractivity contribution in [2.24, 2.45) is 10.2 Å². The summed E-state index contributed by atoms with van der Waals surface area (Å²) in [6.07, 6.45) is 2.69. The molecule has 1 fully saturated rings. The summed E-state index contributed by atoms with van der Waals surface area (Å²) >= 11 is 1.01. The van der Waals surface area contributed by atoms with Crippen molar-refractivity contribution >= 4 is 45.8 Å². The molecule has 0 radical (unpaired) electrons. The molecule has 150 valence electrons. The van der Waals surface area contributed by atoms with Gasteiger partial charge in [-0.1, -0.05) is 30.3 Å². The van der Waals surface area contributed by atoms with E-state index in [1.807, 2.05) is 36.4 Å². The lowest BCUT2D eigenvalue weighted by atomic mass is 10.0. The minimum atomic E-state index is -0.610. The van der Waals surface area contributed by atoms with Crippen LogP contribution < -0.4 is 10.1 Å². The monoisotopic (exact) mass is 413 g/mol. The first kappa shape index (κ1) is 20.6. The standard InChI is InChI=1S/C20H19N3O5S/c1-26-9-10-28-16-8-7-13-5-3-4-6-14(13)15(16)12-21-23-20-22-19(25)17(29-20)11-18(24)27-2/h3-8,11-12H,9-10H2,1-2H3,(H,22,23,25)/b17-11+,21-12?. The fourth-order valence-corrected chi connectivity index (χ4v) is 3.29. The van der Waals surface area contributed by atoms with Crippen LogP contribution in [0.2, 0.25) is 0 Å². The molecule has 2 aromatic rings. The van der Waals surface area contributed by atoms with Gasteiger partial charge in [0.25, 0.3) is 5.91 Å². The minimum Gasteiger partial charge on any atom is -0.490 e. The highest BCUT2D eigenvalue weighted by atomic mass is 32.2. The topological polar surface area (TPSA) is 98.6 Å². The summed E-state index contributed by atoms with van der Waals surface area (Å²) in [7, 11) is 2.85. The number of fused-ring (bicyclic) bond motifs is 1. The van der Waals surface area contributed by atoms with Gasteiger partial charge in [-0.2, -0.15) is 5.10 Å². The highest BCUT2D eigenvalue weighted by Gasteiger charge is 2.25. The first-order valence-electron chi connectivity index (χ1n) is 8.65. The first-order chi connectivity index (χ1) is 14.1. The number of nitrogens with one attached hydrogen (secondary N) is 1. The molecule has 1 heterocycles. The van der Waals surface area contributed by atoms with E-state index in [1.54, 1.807) is 13.3 Å². The molecule has 1 N–H and O–H groups in total. The van der Waals surface area contributed by atoms with Crippen LogP contribution >= 0.6 is 11.8 Å². The van der Waals surface area contributed by atoms with Crippen molar-refractivity contribution in [3.63, 3.8) is 0 Å². The number of carbonyl (C=O) groups is 2. The van der Waals surface area contributed by atoms with Gasteiger partial charge in [0, 0.05) is 18.7 Å². The second kappa shape index (κ2) is 9.85. The van der Waals surface area contributed by atoms with Crippen molar-refractivity contribution in [3.05, 3.63) is 52.9 Å². The summed E-state index contributed by atoms with van der Waals surface area (Å²) in [4.78, 5) is 23.4. The third-order valence-corrected chi connectivity index (χ3v) is 4.81. The van der Waals surface area contributed by atoms with E-state index < -0.39 is 11.9 Å². The van der Waals surface area contributed by atoms with Crippen molar-refractivity contribution in [2.75, 3.05) is 27.4 Å². The van der Waals surface area contributed by atoms with E-state index in [0.717, 1.165) is 34.2 Å². The zero-order valence-corrected chi connectivity index (χ0v) is 16.7. The lowest BCUT2D eigenvalue weighted by Gasteiger charge is -2.11. The summed E-state index contributed by atoms with van der Waals surface area (Å²) in [6, 6.07) is 11.7. The van der Waals surface area contributed by atoms with Gasteiger partial charge in [0.2, 0.25) is 0 Å². The fourth-order valence-electron chi connectivity index (χ4n) is 2.55. The molecule has 2 aromatic carbocycles. The molecule has 1 amide bonds. The van der Waals surface area contributed by atoms with Crippen LogP contribution in [0.1, 0.15) is 5.56 Å². The van der Waals surface area contributed by atoms with Gasteiger partial charge in [0.15, 0.2) is 5.17 Å². The van der Waals surface area contributed by atoms with E-state index in [0.29, 0.717) is 19.0 Å². The molecule has 0 aromatic heterocycles. The van der Waals surface area contributed by atoms with E-state index in [9.17, 15) is 9.59 Å². The molecule has 0 spiro atoms. The van der Waals surface area contributed by atoms with Crippen LogP contribution in [0.15, 0.2) is 57.6 Å². The molecule has 0 unspecified atom stereocenters. The number of rotatable bonds is 7. The zero-order valence-electron chi connectivity index (χ0n) is 15.9. The number of thioether (sulfide) groups is 1. The number of hydrogen-bond acceptors (Lipinski definition) is 8. The van der Waals surface area contributed by atoms with Gasteiger partial charge in [-0.3, -0.25) is 10.1 Å². The maximum Gasteiger partial charge on any atom is 0.331 e. The molecular weight excluding hydrogens is 394 g/mol. The van der Waals surface area contributed by atoms with Gasteiger partial charge in [-0.15, -0.1) is 5.10 Å². The van der Waals surface area contributed by atoms with Crippen molar-refractivity contribution in [1.29, 1.82) is 0 Å². The molecule has 0 saturated carbocycles. The van der Waals surface area contributed by atoms with Crippen LogP contribution in [0.3, 0.4) is 0 Å². The molecular formula is C20H19N3O5S. The highest BCUT2D eigenvalue weighted by molar-refractivity contribution is 8.18. The lowest BCUT2D eigenvalue weighted by molar-refractivity contribution is -0.135. The molecule has 1 aliphatic heterocycles. The molecule has 9 heteroatoms. The van der Waals surface area contributed by atoms with Crippen molar-refractivity contribution in [1.82, 2.24) is 5.32 Å². The van der Waals surface area contributed by atoms with Crippen molar-refractivity contribution < 1.29 is 23.8 Å². The zero-order chi connectivity index (χ0) is 20.6. The Balaban J connectivity index is 1.85. The molecule has 29 heavy (non-hydrogen) atoms. The number of hydrogen-bond donors (Lipinski definition) is 1. The Morgan fingerprint density at radius 3 is 2.79 bits per heavy atom. The Morgan fingerprint density at radius 2 is 2.00 bits per heavy atom. The summed E-state index contributed by atoms with van der Waals surface area (Å²) in [5.41, 5.74) is 0.767. The summed E-state index contributed by atoms with van der Waals surface area (Å²) < 4.78 is 15.4. The summed E-state index contributed by atoms with van der Waals surface area (Å²) in [5.74, 6) is -0.386. The van der Waals surface area contributed by atoms with Gasteiger partial charge in [0.1, 0.15) is 12.4 Å². The van der Waals surface area contributed by atoms with Gasteiger partial charge >= 0.3 is 5.97 Å². The number of amides is 1. The number of nitrogens with zero attached hydrogens (tertiary/aromatic N) is 2. The largest absolute Gasteiger partial charge is 0.490 e. The molecule has 1 aliphatic rings. The number of methoxy groups -OCH3 is 2. The van der Waals surface area contributed by atoms with Crippen molar-refractivity contribution in [3.8, 4) is 5.75 Å². The Hall–Kier alpha value is -3.17. The first-order valence-corrected chi connectivity index (χ1v) is 9.47. The smallest absolute Gasteiger partial charge is 0.331 e. The van der Waals surface area contributed by atoms with Crippen LogP contribution in [-0.2, 0) is 19.1 Å². The molecule has 0 aliphatic carbocycles. The maximum absolute atomic E-state index is 11.9. The van der Waals surface area contributed by atoms with Gasteiger partial charge < -0.3 is 14.2 Å². The second-order valence-electron chi connectivity index (χ2n) is 5.78. The van der Waals surface area contributed by atoms with Gasteiger partial charge in [-0.05, 0) is 28.6 Å². The average molecular weight is 413 g/mol. The fraction of sp³-hybridized carbons (Fsp3) is 0.200. The molecule has 0 atom stereocenters. The third-order valence-electron chi connectivity index (χ3n) is 3.91. The number of carbonyl (C=O) groups excluding carboxylic acids is 2. The SMILES string of the molecule is COCCOc1ccc2ccccc2c1C=N/N=C1/NC(=O)/C(=C\C(=O)OC)S1.